The number of nitrogens with zero attached hydrogens (tertiary/aromatic N) is 1. The van der Waals surface area contributed by atoms with Crippen molar-refractivity contribution in [3.05, 3.63) is 39.9 Å². The molecule has 0 aliphatic heterocycles. The molecule has 0 aromatic heterocycles. The zero-order valence-electron chi connectivity index (χ0n) is 11.4. The summed E-state index contributed by atoms with van der Waals surface area (Å²) < 4.78 is 10.5. The van der Waals surface area contributed by atoms with Gasteiger partial charge in [-0.2, -0.15) is 0 Å². The van der Waals surface area contributed by atoms with Gasteiger partial charge in [0.15, 0.2) is 6.10 Å². The van der Waals surface area contributed by atoms with E-state index in [0.29, 0.717) is 5.56 Å². The van der Waals surface area contributed by atoms with Crippen LogP contribution in [-0.2, 0) is 14.3 Å². The van der Waals surface area contributed by atoms with Gasteiger partial charge in [-0.3, -0.25) is 10.1 Å². The molecular formula is C13H18N2O5. The number of nitrogens with two attached hydrogens (primary N) is 1. The molecule has 0 spiro atoms. The summed E-state index contributed by atoms with van der Waals surface area (Å²) in [5.74, 6) is -0.540. The fourth-order valence-electron chi connectivity index (χ4n) is 1.55. The summed E-state index contributed by atoms with van der Waals surface area (Å²) in [7, 11) is 0. The van der Waals surface area contributed by atoms with E-state index in [9.17, 15) is 14.9 Å². The summed E-state index contributed by atoms with van der Waals surface area (Å²) in [5, 5.41) is 10.6. The molecule has 0 radical (unpaired) electrons. The van der Waals surface area contributed by atoms with Gasteiger partial charge in [0, 0.05) is 18.7 Å². The van der Waals surface area contributed by atoms with Gasteiger partial charge in [-0.15, -0.1) is 0 Å². The van der Waals surface area contributed by atoms with E-state index in [-0.39, 0.29) is 24.9 Å². The van der Waals surface area contributed by atoms with Crippen LogP contribution >= 0.6 is 0 Å². The Kier molecular flexibility index (Phi) is 6.08. The summed E-state index contributed by atoms with van der Waals surface area (Å²) in [6, 6.07) is 5.58. The minimum absolute atomic E-state index is 0.0523. The number of carbonyl (C=O) groups is 1. The molecule has 0 fully saturated rings. The number of benzene rings is 1. The summed E-state index contributed by atoms with van der Waals surface area (Å²) >= 11 is 0. The zero-order valence-corrected chi connectivity index (χ0v) is 11.4. The number of non-ortho nitro benzene ring substituents is 1. The Labute approximate surface area is 116 Å². The Morgan fingerprint density at radius 3 is 2.40 bits per heavy atom. The van der Waals surface area contributed by atoms with E-state index < -0.39 is 17.0 Å². The van der Waals surface area contributed by atoms with E-state index >= 15 is 0 Å². The first-order chi connectivity index (χ1) is 9.45. The third-order valence-electron chi connectivity index (χ3n) is 2.37. The molecule has 20 heavy (non-hydrogen) atoms. The lowest BCUT2D eigenvalue weighted by molar-refractivity contribution is -0.384. The molecule has 0 bridgehead atoms. The van der Waals surface area contributed by atoms with Gasteiger partial charge < -0.3 is 15.2 Å². The molecule has 1 aromatic carbocycles. The highest BCUT2D eigenvalue weighted by molar-refractivity contribution is 5.76. The predicted molar refractivity (Wildman–Crippen MR) is 72.1 cm³/mol. The van der Waals surface area contributed by atoms with Gasteiger partial charge in [0.25, 0.3) is 5.69 Å². The lowest BCUT2D eigenvalue weighted by Gasteiger charge is -2.18. The van der Waals surface area contributed by atoms with Crippen molar-refractivity contribution in [3.63, 3.8) is 0 Å². The van der Waals surface area contributed by atoms with E-state index in [4.69, 9.17) is 15.2 Å². The Morgan fingerprint density at radius 2 is 1.95 bits per heavy atom. The third-order valence-corrected chi connectivity index (χ3v) is 2.37. The highest BCUT2D eigenvalue weighted by Crippen LogP contribution is 2.22. The van der Waals surface area contributed by atoms with Crippen molar-refractivity contribution in [2.45, 2.75) is 26.1 Å². The highest BCUT2D eigenvalue weighted by atomic mass is 16.6. The maximum atomic E-state index is 12.0. The number of esters is 1. The summed E-state index contributed by atoms with van der Waals surface area (Å²) in [6.45, 7) is 3.91. The standard InChI is InChI=1S/C13H18N2O5/c1-9(2)20-13(16)12(19-8-7-14)10-3-5-11(6-4-10)15(17)18/h3-6,9,12H,7-8,14H2,1-2H3. The molecule has 0 aliphatic rings. The fraction of sp³-hybridized carbons (Fsp3) is 0.462. The van der Waals surface area contributed by atoms with Crippen LogP contribution in [0.1, 0.15) is 25.5 Å². The third kappa shape index (κ3) is 4.60. The lowest BCUT2D eigenvalue weighted by Crippen LogP contribution is -2.24. The van der Waals surface area contributed by atoms with Crippen molar-refractivity contribution < 1.29 is 19.2 Å². The first-order valence-electron chi connectivity index (χ1n) is 6.22. The minimum atomic E-state index is -0.929. The van der Waals surface area contributed by atoms with E-state index in [1.165, 1.54) is 24.3 Å². The Bertz CT molecular complexity index is 458. The van der Waals surface area contributed by atoms with E-state index in [1.807, 2.05) is 0 Å². The van der Waals surface area contributed by atoms with Gasteiger partial charge in [-0.05, 0) is 31.5 Å². The van der Waals surface area contributed by atoms with Crippen molar-refractivity contribution in [3.8, 4) is 0 Å². The molecule has 110 valence electrons. The largest absolute Gasteiger partial charge is 0.461 e. The first-order valence-corrected chi connectivity index (χ1v) is 6.22. The molecule has 1 rings (SSSR count). The van der Waals surface area contributed by atoms with Crippen LogP contribution in [0.5, 0.6) is 0 Å². The molecule has 0 saturated carbocycles. The summed E-state index contributed by atoms with van der Waals surface area (Å²) in [4.78, 5) is 22.0. The second kappa shape index (κ2) is 7.56. The number of ether oxygens (including phenoxy) is 2. The molecule has 0 heterocycles. The molecule has 0 amide bonds. The molecule has 1 unspecified atom stereocenters. The minimum Gasteiger partial charge on any atom is -0.461 e. The second-order valence-corrected chi connectivity index (χ2v) is 4.37. The molecule has 7 heteroatoms. The Balaban J connectivity index is 2.91. The first kappa shape index (κ1) is 16.1. The summed E-state index contributed by atoms with van der Waals surface area (Å²) in [5.41, 5.74) is 5.80. The van der Waals surface area contributed by atoms with Gasteiger partial charge >= 0.3 is 5.97 Å². The van der Waals surface area contributed by atoms with Gasteiger partial charge in [-0.1, -0.05) is 0 Å². The fourth-order valence-corrected chi connectivity index (χ4v) is 1.55. The van der Waals surface area contributed by atoms with Crippen molar-refractivity contribution in [1.29, 1.82) is 0 Å². The molecule has 0 aliphatic carbocycles. The number of carbonyl (C=O) groups excluding carboxylic acids is 1. The molecule has 2 N–H and O–H groups in total. The number of nitro benzene ring substituents is 1. The monoisotopic (exact) mass is 282 g/mol. The van der Waals surface area contributed by atoms with Crippen molar-refractivity contribution >= 4 is 11.7 Å². The van der Waals surface area contributed by atoms with Crippen LogP contribution in [0.4, 0.5) is 5.69 Å². The van der Waals surface area contributed by atoms with Crippen LogP contribution in [0.2, 0.25) is 0 Å². The highest BCUT2D eigenvalue weighted by Gasteiger charge is 2.24. The van der Waals surface area contributed by atoms with Crippen LogP contribution in [0, 0.1) is 10.1 Å². The van der Waals surface area contributed by atoms with E-state index in [2.05, 4.69) is 0 Å². The molecule has 7 nitrogen and oxygen atoms in total. The van der Waals surface area contributed by atoms with E-state index in [1.54, 1.807) is 13.8 Å². The average molecular weight is 282 g/mol. The summed E-state index contributed by atoms with van der Waals surface area (Å²) in [6.07, 6.45) is -1.20. The Hall–Kier alpha value is -1.99. The number of hydrogen-bond acceptors (Lipinski definition) is 6. The molecular weight excluding hydrogens is 264 g/mol. The average Bonchev–Trinajstić information content (AvgIpc) is 2.39. The van der Waals surface area contributed by atoms with Crippen molar-refractivity contribution in [2.75, 3.05) is 13.2 Å². The maximum Gasteiger partial charge on any atom is 0.340 e. The topological polar surface area (TPSA) is 105 Å². The van der Waals surface area contributed by atoms with Gasteiger partial charge in [0.1, 0.15) is 0 Å². The van der Waals surface area contributed by atoms with Crippen LogP contribution in [0.15, 0.2) is 24.3 Å². The van der Waals surface area contributed by atoms with Crippen molar-refractivity contribution in [1.82, 2.24) is 0 Å². The number of hydrogen-bond donors (Lipinski definition) is 1. The van der Waals surface area contributed by atoms with Gasteiger partial charge in [0.05, 0.1) is 17.6 Å². The lowest BCUT2D eigenvalue weighted by atomic mass is 10.1. The number of rotatable bonds is 7. The van der Waals surface area contributed by atoms with Crippen molar-refractivity contribution in [2.24, 2.45) is 5.73 Å². The van der Waals surface area contributed by atoms with E-state index in [0.717, 1.165) is 0 Å². The van der Waals surface area contributed by atoms with Crippen LogP contribution in [0.25, 0.3) is 0 Å². The Morgan fingerprint density at radius 1 is 1.35 bits per heavy atom. The maximum absolute atomic E-state index is 12.0. The zero-order chi connectivity index (χ0) is 15.1. The predicted octanol–water partition coefficient (Wildman–Crippen LogP) is 1.56. The van der Waals surface area contributed by atoms with Crippen LogP contribution in [-0.4, -0.2) is 30.1 Å². The second-order valence-electron chi connectivity index (χ2n) is 4.37. The molecule has 0 saturated heterocycles. The van der Waals surface area contributed by atoms with Gasteiger partial charge in [0.2, 0.25) is 0 Å². The van der Waals surface area contributed by atoms with Crippen LogP contribution in [0.3, 0.4) is 0 Å². The number of nitro groups is 1. The smallest absolute Gasteiger partial charge is 0.340 e. The SMILES string of the molecule is CC(C)OC(=O)C(OCCN)c1ccc([N+](=O)[O-])cc1. The van der Waals surface area contributed by atoms with Gasteiger partial charge in [-0.25, -0.2) is 4.79 Å². The normalized spacial score (nSPS) is 12.2. The quantitative estimate of drug-likeness (QED) is 0.462. The molecule has 1 aromatic rings. The molecule has 1 atom stereocenters. The van der Waals surface area contributed by atoms with Crippen LogP contribution < -0.4 is 5.73 Å².